The fraction of sp³-hybridized carbons (Fsp3) is 0.529. The Hall–Kier alpha value is -2.11. The third kappa shape index (κ3) is 7.13. The molecule has 0 saturated heterocycles. The first kappa shape index (κ1) is 18.9. The normalized spacial score (nSPS) is 12.0. The van der Waals surface area contributed by atoms with E-state index in [2.05, 4.69) is 20.9 Å². The third-order valence-electron chi connectivity index (χ3n) is 2.94. The van der Waals surface area contributed by atoms with E-state index in [0.717, 1.165) is 6.54 Å². The summed E-state index contributed by atoms with van der Waals surface area (Å²) in [7, 11) is 0. The summed E-state index contributed by atoms with van der Waals surface area (Å²) in [6.45, 7) is 11.4. The summed E-state index contributed by atoms with van der Waals surface area (Å²) in [6, 6.07) is 4.46. The van der Waals surface area contributed by atoms with E-state index in [1.165, 1.54) is 6.07 Å². The van der Waals surface area contributed by atoms with Crippen LogP contribution in [0.3, 0.4) is 0 Å². The molecule has 0 aliphatic heterocycles. The first-order valence-electron chi connectivity index (χ1n) is 7.84. The molecular weight excluding hydrogens is 295 g/mol. The maximum atomic E-state index is 13.5. The van der Waals surface area contributed by atoms with Gasteiger partial charge in [-0.1, -0.05) is 6.07 Å². The average molecular weight is 322 g/mol. The predicted octanol–water partition coefficient (Wildman–Crippen LogP) is 2.22. The fourth-order valence-electron chi connectivity index (χ4n) is 1.84. The van der Waals surface area contributed by atoms with Crippen LogP contribution in [0.4, 0.5) is 4.39 Å². The minimum Gasteiger partial charge on any atom is -0.357 e. The number of rotatable bonds is 5. The second-order valence-corrected chi connectivity index (χ2v) is 6.36. The van der Waals surface area contributed by atoms with E-state index >= 15 is 0 Å². The summed E-state index contributed by atoms with van der Waals surface area (Å²) in [6.07, 6.45) is 0. The Morgan fingerprint density at radius 3 is 2.52 bits per heavy atom. The highest BCUT2D eigenvalue weighted by Gasteiger charge is 2.11. The highest BCUT2D eigenvalue weighted by molar-refractivity contribution is 5.94. The maximum absolute atomic E-state index is 13.5. The lowest BCUT2D eigenvalue weighted by Crippen LogP contribution is -2.47. The van der Waals surface area contributed by atoms with E-state index in [-0.39, 0.29) is 17.3 Å². The monoisotopic (exact) mass is 322 g/mol. The van der Waals surface area contributed by atoms with Gasteiger partial charge in [-0.05, 0) is 52.3 Å². The zero-order valence-electron chi connectivity index (χ0n) is 14.6. The first-order chi connectivity index (χ1) is 10.7. The summed E-state index contributed by atoms with van der Waals surface area (Å²) in [4.78, 5) is 16.4. The molecule has 0 fully saturated rings. The highest BCUT2D eigenvalue weighted by Crippen LogP contribution is 2.08. The highest BCUT2D eigenvalue weighted by atomic mass is 19.1. The van der Waals surface area contributed by atoms with Crippen LogP contribution >= 0.6 is 0 Å². The maximum Gasteiger partial charge on any atom is 0.251 e. The Bertz CT molecular complexity index is 564. The number of benzene rings is 1. The SMILES string of the molecule is CCNC(=NCCNC(=O)c1ccc(C)c(F)c1)NC(C)(C)C. The lowest BCUT2D eigenvalue weighted by molar-refractivity contribution is 0.0954. The standard InChI is InChI=1S/C17H27FN4O/c1-6-19-16(22-17(3,4)5)21-10-9-20-15(23)13-8-7-12(2)14(18)11-13/h7-8,11H,6,9-10H2,1-5H3,(H,20,23)(H2,19,21,22). The van der Waals surface area contributed by atoms with E-state index in [1.54, 1.807) is 19.1 Å². The van der Waals surface area contributed by atoms with Crippen molar-refractivity contribution in [1.29, 1.82) is 0 Å². The predicted molar refractivity (Wildman–Crippen MR) is 92.3 cm³/mol. The molecule has 5 nitrogen and oxygen atoms in total. The molecule has 3 N–H and O–H groups in total. The number of amides is 1. The molecule has 0 radical (unpaired) electrons. The van der Waals surface area contributed by atoms with Gasteiger partial charge in [-0.15, -0.1) is 0 Å². The smallest absolute Gasteiger partial charge is 0.251 e. The Labute approximate surface area is 137 Å². The minimum absolute atomic E-state index is 0.0936. The summed E-state index contributed by atoms with van der Waals surface area (Å²) in [5, 5.41) is 9.15. The van der Waals surface area contributed by atoms with Gasteiger partial charge in [0.2, 0.25) is 0 Å². The average Bonchev–Trinajstić information content (AvgIpc) is 2.44. The number of aliphatic imine (C=N–C) groups is 1. The molecule has 1 aromatic carbocycles. The Morgan fingerprint density at radius 2 is 1.96 bits per heavy atom. The van der Waals surface area contributed by atoms with Crippen molar-refractivity contribution < 1.29 is 9.18 Å². The largest absolute Gasteiger partial charge is 0.357 e. The zero-order chi connectivity index (χ0) is 17.5. The number of guanidine groups is 1. The molecule has 0 atom stereocenters. The molecule has 0 aliphatic carbocycles. The number of halogens is 1. The number of nitrogens with one attached hydrogen (secondary N) is 3. The summed E-state index contributed by atoms with van der Waals surface area (Å²) < 4.78 is 13.5. The van der Waals surface area contributed by atoms with Crippen LogP contribution in [0.25, 0.3) is 0 Å². The van der Waals surface area contributed by atoms with Crippen LogP contribution in [0.15, 0.2) is 23.2 Å². The van der Waals surface area contributed by atoms with Gasteiger partial charge in [0.1, 0.15) is 5.82 Å². The lowest BCUT2D eigenvalue weighted by Gasteiger charge is -2.23. The van der Waals surface area contributed by atoms with Gasteiger partial charge in [0.15, 0.2) is 5.96 Å². The van der Waals surface area contributed by atoms with Gasteiger partial charge in [0.05, 0.1) is 6.54 Å². The molecule has 0 aliphatic rings. The van der Waals surface area contributed by atoms with Crippen LogP contribution in [-0.2, 0) is 0 Å². The number of carbonyl (C=O) groups is 1. The van der Waals surface area contributed by atoms with E-state index in [4.69, 9.17) is 0 Å². The third-order valence-corrected chi connectivity index (χ3v) is 2.94. The molecule has 1 aromatic rings. The van der Waals surface area contributed by atoms with Crippen molar-refractivity contribution in [3.05, 3.63) is 35.1 Å². The van der Waals surface area contributed by atoms with Crippen molar-refractivity contribution in [1.82, 2.24) is 16.0 Å². The van der Waals surface area contributed by atoms with Gasteiger partial charge in [-0.3, -0.25) is 9.79 Å². The van der Waals surface area contributed by atoms with Crippen LogP contribution in [0, 0.1) is 12.7 Å². The van der Waals surface area contributed by atoms with Gasteiger partial charge in [-0.25, -0.2) is 4.39 Å². The molecule has 0 heterocycles. The Kier molecular flexibility index (Phi) is 7.00. The molecule has 1 amide bonds. The van der Waals surface area contributed by atoms with Gasteiger partial charge < -0.3 is 16.0 Å². The van der Waals surface area contributed by atoms with Gasteiger partial charge in [0.25, 0.3) is 5.91 Å². The van der Waals surface area contributed by atoms with Crippen LogP contribution in [0.1, 0.15) is 43.6 Å². The number of nitrogens with zero attached hydrogens (tertiary/aromatic N) is 1. The summed E-state index contributed by atoms with van der Waals surface area (Å²) in [5.74, 6) is 0.0305. The molecule has 0 unspecified atom stereocenters. The van der Waals surface area contributed by atoms with Gasteiger partial charge in [-0.2, -0.15) is 0 Å². The molecular formula is C17H27FN4O. The molecule has 0 spiro atoms. The van der Waals surface area contributed by atoms with Crippen LogP contribution < -0.4 is 16.0 Å². The van der Waals surface area contributed by atoms with Crippen LogP contribution in [0.5, 0.6) is 0 Å². The summed E-state index contributed by atoms with van der Waals surface area (Å²) in [5.41, 5.74) is 0.746. The molecule has 23 heavy (non-hydrogen) atoms. The Morgan fingerprint density at radius 1 is 1.26 bits per heavy atom. The number of carbonyl (C=O) groups excluding carboxylic acids is 1. The number of aryl methyl sites for hydroxylation is 1. The van der Waals surface area contributed by atoms with Crippen molar-refractivity contribution in [3.8, 4) is 0 Å². The lowest BCUT2D eigenvalue weighted by atomic mass is 10.1. The first-order valence-corrected chi connectivity index (χ1v) is 7.84. The van der Waals surface area contributed by atoms with E-state index in [9.17, 15) is 9.18 Å². The molecule has 6 heteroatoms. The Balaban J connectivity index is 2.52. The molecule has 1 rings (SSSR count). The minimum atomic E-state index is -0.375. The molecule has 128 valence electrons. The van der Waals surface area contributed by atoms with E-state index in [1.807, 2.05) is 27.7 Å². The van der Waals surface area contributed by atoms with Gasteiger partial charge in [0, 0.05) is 24.2 Å². The van der Waals surface area contributed by atoms with Crippen molar-refractivity contribution in [3.63, 3.8) is 0 Å². The van der Waals surface area contributed by atoms with Crippen LogP contribution in [0.2, 0.25) is 0 Å². The van der Waals surface area contributed by atoms with Crippen molar-refractivity contribution in [2.75, 3.05) is 19.6 Å². The van der Waals surface area contributed by atoms with Crippen molar-refractivity contribution in [2.24, 2.45) is 4.99 Å². The quantitative estimate of drug-likeness (QED) is 0.442. The summed E-state index contributed by atoms with van der Waals surface area (Å²) >= 11 is 0. The second kappa shape index (κ2) is 8.50. The fourth-order valence-corrected chi connectivity index (χ4v) is 1.84. The van der Waals surface area contributed by atoms with Crippen molar-refractivity contribution in [2.45, 2.75) is 40.2 Å². The topological polar surface area (TPSA) is 65.5 Å². The van der Waals surface area contributed by atoms with E-state index in [0.29, 0.717) is 30.2 Å². The van der Waals surface area contributed by atoms with Crippen LogP contribution in [-0.4, -0.2) is 37.0 Å². The van der Waals surface area contributed by atoms with Crippen molar-refractivity contribution >= 4 is 11.9 Å². The van der Waals surface area contributed by atoms with Gasteiger partial charge >= 0.3 is 0 Å². The number of hydrogen-bond donors (Lipinski definition) is 3. The number of hydrogen-bond acceptors (Lipinski definition) is 2. The van der Waals surface area contributed by atoms with E-state index < -0.39 is 0 Å². The molecule has 0 bridgehead atoms. The molecule has 0 saturated carbocycles. The molecule has 0 aromatic heterocycles. The second-order valence-electron chi connectivity index (χ2n) is 6.36. The zero-order valence-corrected chi connectivity index (χ0v) is 14.6.